The van der Waals surface area contributed by atoms with Crippen LogP contribution < -0.4 is 16.2 Å². The number of rotatable bonds is 6. The average molecular weight is 330 g/mol. The fraction of sp³-hybridized carbons (Fsp3) is 0.250. The molecule has 0 bridgehead atoms. The molecule has 8 heteroatoms. The molecule has 0 aromatic carbocycles. The Balaban J connectivity index is 2.12. The lowest BCUT2D eigenvalue weighted by atomic mass is 10.2. The quantitative estimate of drug-likeness (QED) is 0.624. The van der Waals surface area contributed by atoms with Crippen molar-refractivity contribution in [3.05, 3.63) is 63.8 Å². The second-order valence-corrected chi connectivity index (χ2v) is 5.12. The van der Waals surface area contributed by atoms with Crippen molar-refractivity contribution in [3.8, 4) is 0 Å². The molecule has 24 heavy (non-hydrogen) atoms. The van der Waals surface area contributed by atoms with Gasteiger partial charge in [-0.1, -0.05) is 6.07 Å². The van der Waals surface area contributed by atoms with Crippen LogP contribution in [0.25, 0.3) is 0 Å². The van der Waals surface area contributed by atoms with Gasteiger partial charge in [-0.3, -0.25) is 19.4 Å². The summed E-state index contributed by atoms with van der Waals surface area (Å²) in [5.74, 6) is -0.597. The van der Waals surface area contributed by atoms with Gasteiger partial charge in [-0.25, -0.2) is 0 Å². The number of carbonyl (C=O) groups is 2. The Morgan fingerprint density at radius 2 is 2.00 bits per heavy atom. The van der Waals surface area contributed by atoms with E-state index in [1.807, 2.05) is 0 Å². The lowest BCUT2D eigenvalue weighted by Crippen LogP contribution is -2.27. The highest BCUT2D eigenvalue weighted by Gasteiger charge is 2.07. The highest BCUT2D eigenvalue weighted by atomic mass is 16.3. The molecule has 2 aromatic heterocycles. The summed E-state index contributed by atoms with van der Waals surface area (Å²) in [5, 5.41) is 13.6. The Labute approximate surface area is 138 Å². The number of hydrogen-bond acceptors (Lipinski definition) is 5. The highest BCUT2D eigenvalue weighted by molar-refractivity contribution is 5.93. The van der Waals surface area contributed by atoms with Gasteiger partial charge in [-0.15, -0.1) is 0 Å². The van der Waals surface area contributed by atoms with E-state index in [9.17, 15) is 14.4 Å². The standard InChI is InChI=1S/C16H18N4O4/c1-11(22)17-7-14-4-2-12(6-18-14)8-20-9-13(3-5-15(20)23)16(24)19-10-21/h2-6,9,21H,7-8,10H2,1H3,(H,17,22)(H,19,24). The molecule has 0 unspecified atom stereocenters. The smallest absolute Gasteiger partial charge is 0.254 e. The SMILES string of the molecule is CC(=O)NCc1ccc(Cn2cc(C(=O)NCO)ccc2=O)cn1. The Kier molecular flexibility index (Phi) is 5.80. The first kappa shape index (κ1) is 17.4. The van der Waals surface area contributed by atoms with Gasteiger partial charge >= 0.3 is 0 Å². The first-order chi connectivity index (χ1) is 11.5. The molecule has 2 heterocycles. The molecule has 0 aliphatic carbocycles. The van der Waals surface area contributed by atoms with Gasteiger partial charge in [0, 0.05) is 25.4 Å². The van der Waals surface area contributed by atoms with Crippen molar-refractivity contribution < 1.29 is 14.7 Å². The maximum atomic E-state index is 11.9. The van der Waals surface area contributed by atoms with E-state index in [0.29, 0.717) is 12.2 Å². The summed E-state index contributed by atoms with van der Waals surface area (Å²) in [6.07, 6.45) is 3.04. The van der Waals surface area contributed by atoms with Crippen molar-refractivity contribution in [2.75, 3.05) is 6.73 Å². The molecule has 0 fully saturated rings. The summed E-state index contributed by atoms with van der Waals surface area (Å²) in [7, 11) is 0. The maximum absolute atomic E-state index is 11.9. The number of carbonyl (C=O) groups excluding carboxylic acids is 2. The minimum Gasteiger partial charge on any atom is -0.376 e. The molecule has 126 valence electrons. The van der Waals surface area contributed by atoms with Crippen LogP contribution in [0.15, 0.2) is 41.5 Å². The summed E-state index contributed by atoms with van der Waals surface area (Å²) in [4.78, 5) is 38.7. The van der Waals surface area contributed by atoms with Crippen LogP contribution in [0.4, 0.5) is 0 Å². The third kappa shape index (κ3) is 4.75. The zero-order valence-corrected chi connectivity index (χ0v) is 13.2. The van der Waals surface area contributed by atoms with E-state index in [4.69, 9.17) is 5.11 Å². The van der Waals surface area contributed by atoms with E-state index in [1.54, 1.807) is 18.3 Å². The molecule has 0 radical (unpaired) electrons. The van der Waals surface area contributed by atoms with Crippen LogP contribution >= 0.6 is 0 Å². The Morgan fingerprint density at radius 1 is 1.21 bits per heavy atom. The highest BCUT2D eigenvalue weighted by Crippen LogP contribution is 2.04. The van der Waals surface area contributed by atoms with Gasteiger partial charge in [0.1, 0.15) is 6.73 Å². The second kappa shape index (κ2) is 8.02. The molecule has 2 aromatic rings. The minimum atomic E-state index is -0.475. The molecule has 8 nitrogen and oxygen atoms in total. The van der Waals surface area contributed by atoms with Crippen molar-refractivity contribution in [1.29, 1.82) is 0 Å². The summed E-state index contributed by atoms with van der Waals surface area (Å²) in [5.41, 5.74) is 1.51. The minimum absolute atomic E-state index is 0.134. The van der Waals surface area contributed by atoms with Gasteiger partial charge in [0.15, 0.2) is 0 Å². The first-order valence-corrected chi connectivity index (χ1v) is 7.27. The summed E-state index contributed by atoms with van der Waals surface area (Å²) in [6.45, 7) is 1.55. The topological polar surface area (TPSA) is 113 Å². The monoisotopic (exact) mass is 330 g/mol. The lowest BCUT2D eigenvalue weighted by Gasteiger charge is -2.09. The predicted octanol–water partition coefficient (Wildman–Crippen LogP) is -0.393. The van der Waals surface area contributed by atoms with Crippen molar-refractivity contribution in [2.45, 2.75) is 20.0 Å². The fourth-order valence-corrected chi connectivity index (χ4v) is 2.03. The Hall–Kier alpha value is -3.00. The van der Waals surface area contributed by atoms with E-state index >= 15 is 0 Å². The third-order valence-electron chi connectivity index (χ3n) is 3.24. The van der Waals surface area contributed by atoms with Gasteiger partial charge in [0.25, 0.3) is 11.5 Å². The number of aliphatic hydroxyl groups is 1. The molecular formula is C16H18N4O4. The molecule has 2 amide bonds. The van der Waals surface area contributed by atoms with E-state index in [1.165, 1.54) is 29.8 Å². The van der Waals surface area contributed by atoms with Crippen molar-refractivity contribution in [1.82, 2.24) is 20.2 Å². The van der Waals surface area contributed by atoms with E-state index in [0.717, 1.165) is 5.56 Å². The number of nitrogens with one attached hydrogen (secondary N) is 2. The van der Waals surface area contributed by atoms with E-state index < -0.39 is 12.6 Å². The van der Waals surface area contributed by atoms with Crippen LogP contribution in [0.3, 0.4) is 0 Å². The zero-order valence-electron chi connectivity index (χ0n) is 13.2. The van der Waals surface area contributed by atoms with Gasteiger partial charge in [0.2, 0.25) is 5.91 Å². The van der Waals surface area contributed by atoms with Gasteiger partial charge in [0.05, 0.1) is 24.3 Å². The van der Waals surface area contributed by atoms with Crippen molar-refractivity contribution in [3.63, 3.8) is 0 Å². The zero-order chi connectivity index (χ0) is 17.5. The third-order valence-corrected chi connectivity index (χ3v) is 3.24. The molecule has 0 spiro atoms. The number of nitrogens with zero attached hydrogens (tertiary/aromatic N) is 2. The predicted molar refractivity (Wildman–Crippen MR) is 86.1 cm³/mol. The molecule has 0 aliphatic rings. The number of aromatic nitrogens is 2. The molecule has 0 saturated heterocycles. The van der Waals surface area contributed by atoms with Crippen molar-refractivity contribution >= 4 is 11.8 Å². The molecule has 0 saturated carbocycles. The largest absolute Gasteiger partial charge is 0.376 e. The van der Waals surface area contributed by atoms with E-state index in [-0.39, 0.29) is 23.6 Å². The normalized spacial score (nSPS) is 10.2. The molecule has 3 N–H and O–H groups in total. The number of amides is 2. The fourth-order valence-electron chi connectivity index (χ4n) is 2.03. The second-order valence-electron chi connectivity index (χ2n) is 5.12. The number of hydrogen-bond donors (Lipinski definition) is 3. The van der Waals surface area contributed by atoms with Crippen LogP contribution in [0.5, 0.6) is 0 Å². The van der Waals surface area contributed by atoms with Crippen molar-refractivity contribution in [2.24, 2.45) is 0 Å². The van der Waals surface area contributed by atoms with Gasteiger partial charge in [-0.2, -0.15) is 0 Å². The summed E-state index contributed by atoms with van der Waals surface area (Å²) in [6, 6.07) is 6.26. The number of pyridine rings is 2. The van der Waals surface area contributed by atoms with Crippen LogP contribution in [-0.4, -0.2) is 33.2 Å². The Morgan fingerprint density at radius 3 is 2.62 bits per heavy atom. The van der Waals surface area contributed by atoms with Crippen LogP contribution in [0.2, 0.25) is 0 Å². The molecule has 0 atom stereocenters. The Bertz CT molecular complexity index is 783. The van der Waals surface area contributed by atoms with Gasteiger partial charge < -0.3 is 20.3 Å². The lowest BCUT2D eigenvalue weighted by molar-refractivity contribution is -0.119. The summed E-state index contributed by atoms with van der Waals surface area (Å²) >= 11 is 0. The average Bonchev–Trinajstić information content (AvgIpc) is 2.56. The maximum Gasteiger partial charge on any atom is 0.254 e. The first-order valence-electron chi connectivity index (χ1n) is 7.27. The molecular weight excluding hydrogens is 312 g/mol. The van der Waals surface area contributed by atoms with Gasteiger partial charge in [-0.05, 0) is 17.7 Å². The number of aliphatic hydroxyl groups excluding tert-OH is 1. The van der Waals surface area contributed by atoms with E-state index in [2.05, 4.69) is 15.6 Å². The summed E-state index contributed by atoms with van der Waals surface area (Å²) < 4.78 is 1.39. The van der Waals surface area contributed by atoms with Crippen LogP contribution in [0.1, 0.15) is 28.5 Å². The van der Waals surface area contributed by atoms with Crippen LogP contribution in [0, 0.1) is 0 Å². The molecule has 0 aliphatic heterocycles. The van der Waals surface area contributed by atoms with Crippen LogP contribution in [-0.2, 0) is 17.9 Å². The molecule has 2 rings (SSSR count).